The highest BCUT2D eigenvalue weighted by molar-refractivity contribution is 5.98. The minimum Gasteiger partial charge on any atom is -0.497 e. The van der Waals surface area contributed by atoms with E-state index in [1.807, 2.05) is 43.0 Å². The third-order valence-corrected chi connectivity index (χ3v) is 4.51. The number of amides is 1. The van der Waals surface area contributed by atoms with Crippen molar-refractivity contribution in [2.75, 3.05) is 26.8 Å². The topological polar surface area (TPSA) is 51.7 Å². The molecule has 3 rings (SSSR count). The number of piperidine rings is 1. The first-order chi connectivity index (χ1) is 11.6. The maximum absolute atomic E-state index is 12.9. The van der Waals surface area contributed by atoms with Crippen LogP contribution in [0.4, 0.5) is 0 Å². The summed E-state index contributed by atoms with van der Waals surface area (Å²) in [5, 5.41) is 0.947. The number of ether oxygens (including phenoxy) is 2. The molecular weight excluding hydrogens is 304 g/mol. The summed E-state index contributed by atoms with van der Waals surface area (Å²) in [6.45, 7) is 6.00. The molecule has 2 aromatic rings. The van der Waals surface area contributed by atoms with Gasteiger partial charge in [0.05, 0.1) is 30.0 Å². The Bertz CT molecular complexity index is 743. The number of rotatable bonds is 4. The van der Waals surface area contributed by atoms with Crippen LogP contribution in [0, 0.1) is 6.92 Å². The summed E-state index contributed by atoms with van der Waals surface area (Å²) in [5.41, 5.74) is 2.26. The molecule has 1 atom stereocenters. The van der Waals surface area contributed by atoms with Crippen LogP contribution in [0.25, 0.3) is 10.9 Å². The van der Waals surface area contributed by atoms with Crippen LogP contribution >= 0.6 is 0 Å². The molecule has 0 bridgehead atoms. The molecular formula is C19H24N2O3. The average Bonchev–Trinajstić information content (AvgIpc) is 2.60. The van der Waals surface area contributed by atoms with Gasteiger partial charge in [0.25, 0.3) is 5.91 Å². The maximum atomic E-state index is 12.9. The van der Waals surface area contributed by atoms with Crippen LogP contribution in [0.2, 0.25) is 0 Å². The van der Waals surface area contributed by atoms with Gasteiger partial charge < -0.3 is 14.4 Å². The highest BCUT2D eigenvalue weighted by atomic mass is 16.5. The van der Waals surface area contributed by atoms with Crippen molar-refractivity contribution in [1.29, 1.82) is 0 Å². The van der Waals surface area contributed by atoms with Crippen LogP contribution in [-0.4, -0.2) is 48.7 Å². The van der Waals surface area contributed by atoms with Gasteiger partial charge >= 0.3 is 0 Å². The molecule has 1 aromatic carbocycles. The fourth-order valence-electron chi connectivity index (χ4n) is 3.25. The lowest BCUT2D eigenvalue weighted by molar-refractivity contribution is 0.00720. The summed E-state index contributed by atoms with van der Waals surface area (Å²) in [5.74, 6) is 0.811. The SMILES string of the molecule is CCO[C@H]1CCCN(C(=O)c2cc3ccc(OC)cc3nc2C)C1. The van der Waals surface area contributed by atoms with Gasteiger partial charge in [0.2, 0.25) is 0 Å². The quantitative estimate of drug-likeness (QED) is 0.865. The number of hydrogen-bond acceptors (Lipinski definition) is 4. The highest BCUT2D eigenvalue weighted by Crippen LogP contribution is 2.23. The van der Waals surface area contributed by atoms with Crippen LogP contribution in [-0.2, 0) is 4.74 Å². The zero-order valence-electron chi connectivity index (χ0n) is 14.5. The van der Waals surface area contributed by atoms with Crippen molar-refractivity contribution in [3.63, 3.8) is 0 Å². The summed E-state index contributed by atoms with van der Waals surface area (Å²) in [6.07, 6.45) is 2.14. The Hall–Kier alpha value is -2.14. The van der Waals surface area contributed by atoms with Crippen LogP contribution < -0.4 is 4.74 Å². The van der Waals surface area contributed by atoms with E-state index in [9.17, 15) is 4.79 Å². The smallest absolute Gasteiger partial charge is 0.255 e. The third kappa shape index (κ3) is 3.36. The minimum absolute atomic E-state index is 0.0436. The lowest BCUT2D eigenvalue weighted by Gasteiger charge is -2.32. The van der Waals surface area contributed by atoms with E-state index in [0.717, 1.165) is 41.7 Å². The van der Waals surface area contributed by atoms with E-state index in [-0.39, 0.29) is 12.0 Å². The molecule has 5 nitrogen and oxygen atoms in total. The molecule has 1 saturated heterocycles. The van der Waals surface area contributed by atoms with Crippen molar-refractivity contribution in [2.24, 2.45) is 0 Å². The zero-order valence-corrected chi connectivity index (χ0v) is 14.5. The normalized spacial score (nSPS) is 18.0. The van der Waals surface area contributed by atoms with E-state index in [0.29, 0.717) is 18.7 Å². The fraction of sp³-hybridized carbons (Fsp3) is 0.474. The Morgan fingerprint density at radius 1 is 1.38 bits per heavy atom. The third-order valence-electron chi connectivity index (χ3n) is 4.51. The molecule has 0 spiro atoms. The van der Waals surface area contributed by atoms with Crippen molar-refractivity contribution in [3.8, 4) is 5.75 Å². The molecule has 24 heavy (non-hydrogen) atoms. The number of hydrogen-bond donors (Lipinski definition) is 0. The van der Waals surface area contributed by atoms with Crippen LogP contribution in [0.5, 0.6) is 5.75 Å². The lowest BCUT2D eigenvalue weighted by atomic mass is 10.0. The molecule has 0 radical (unpaired) electrons. The number of carbonyl (C=O) groups is 1. The molecule has 0 saturated carbocycles. The van der Waals surface area contributed by atoms with Gasteiger partial charge in [-0.15, -0.1) is 0 Å². The Balaban J connectivity index is 1.87. The van der Waals surface area contributed by atoms with Gasteiger partial charge in [0, 0.05) is 31.1 Å². The Labute approximate surface area is 142 Å². The molecule has 2 heterocycles. The lowest BCUT2D eigenvalue weighted by Crippen LogP contribution is -2.43. The van der Waals surface area contributed by atoms with Gasteiger partial charge in [-0.25, -0.2) is 0 Å². The zero-order chi connectivity index (χ0) is 17.1. The molecule has 1 amide bonds. The number of aromatic nitrogens is 1. The molecule has 1 aliphatic heterocycles. The van der Waals surface area contributed by atoms with Crippen LogP contribution in [0.3, 0.4) is 0 Å². The van der Waals surface area contributed by atoms with Crippen LogP contribution in [0.1, 0.15) is 35.8 Å². The van der Waals surface area contributed by atoms with Crippen molar-refractivity contribution < 1.29 is 14.3 Å². The summed E-state index contributed by atoms with van der Waals surface area (Å²) in [4.78, 5) is 19.4. The molecule has 1 aliphatic rings. The number of carbonyl (C=O) groups excluding carboxylic acids is 1. The van der Waals surface area contributed by atoms with Crippen molar-refractivity contribution >= 4 is 16.8 Å². The molecule has 0 aliphatic carbocycles. The predicted molar refractivity (Wildman–Crippen MR) is 93.6 cm³/mol. The van der Waals surface area contributed by atoms with Crippen molar-refractivity contribution in [1.82, 2.24) is 9.88 Å². The fourth-order valence-corrected chi connectivity index (χ4v) is 3.25. The number of fused-ring (bicyclic) bond motifs is 1. The second-order valence-electron chi connectivity index (χ2n) is 6.15. The van der Waals surface area contributed by atoms with Crippen LogP contribution in [0.15, 0.2) is 24.3 Å². The molecule has 1 fully saturated rings. The van der Waals surface area contributed by atoms with Gasteiger partial charge in [-0.1, -0.05) is 0 Å². The highest BCUT2D eigenvalue weighted by Gasteiger charge is 2.26. The first-order valence-corrected chi connectivity index (χ1v) is 8.48. The average molecular weight is 328 g/mol. The first-order valence-electron chi connectivity index (χ1n) is 8.48. The van der Waals surface area contributed by atoms with Crippen molar-refractivity contribution in [3.05, 3.63) is 35.5 Å². The molecule has 1 aromatic heterocycles. The monoisotopic (exact) mass is 328 g/mol. The summed E-state index contributed by atoms with van der Waals surface area (Å²) >= 11 is 0. The van der Waals surface area contributed by atoms with Gasteiger partial charge in [0.15, 0.2) is 0 Å². The van der Waals surface area contributed by atoms with Gasteiger partial charge in [-0.3, -0.25) is 9.78 Å². The Morgan fingerprint density at radius 2 is 2.21 bits per heavy atom. The van der Waals surface area contributed by atoms with E-state index in [4.69, 9.17) is 9.47 Å². The number of aryl methyl sites for hydroxylation is 1. The van der Waals surface area contributed by atoms with E-state index in [2.05, 4.69) is 4.98 Å². The van der Waals surface area contributed by atoms with Gasteiger partial charge in [-0.2, -0.15) is 0 Å². The summed E-state index contributed by atoms with van der Waals surface area (Å²) < 4.78 is 10.9. The number of methoxy groups -OCH3 is 1. The first kappa shape index (κ1) is 16.7. The van der Waals surface area contributed by atoms with E-state index in [1.165, 1.54) is 0 Å². The number of pyridine rings is 1. The molecule has 0 unspecified atom stereocenters. The van der Waals surface area contributed by atoms with E-state index >= 15 is 0 Å². The molecule has 5 heteroatoms. The number of benzene rings is 1. The summed E-state index contributed by atoms with van der Waals surface area (Å²) in [7, 11) is 1.64. The molecule has 128 valence electrons. The largest absolute Gasteiger partial charge is 0.497 e. The van der Waals surface area contributed by atoms with Crippen molar-refractivity contribution in [2.45, 2.75) is 32.8 Å². The Kier molecular flexibility index (Phi) is 5.00. The second-order valence-corrected chi connectivity index (χ2v) is 6.15. The van der Waals surface area contributed by atoms with E-state index < -0.39 is 0 Å². The standard InChI is InChI=1S/C19H24N2O3/c1-4-24-16-6-5-9-21(12-16)19(22)17-10-14-7-8-15(23-3)11-18(14)20-13(17)2/h7-8,10-11,16H,4-6,9,12H2,1-3H3/t16-/m0/s1. The predicted octanol–water partition coefficient (Wildman–Crippen LogP) is 3.19. The summed E-state index contributed by atoms with van der Waals surface area (Å²) in [6, 6.07) is 7.66. The maximum Gasteiger partial charge on any atom is 0.255 e. The number of nitrogens with zero attached hydrogens (tertiary/aromatic N) is 2. The Morgan fingerprint density at radius 3 is 2.96 bits per heavy atom. The molecule has 0 N–H and O–H groups in total. The van der Waals surface area contributed by atoms with Gasteiger partial charge in [-0.05, 0) is 44.9 Å². The van der Waals surface area contributed by atoms with E-state index in [1.54, 1.807) is 7.11 Å². The minimum atomic E-state index is 0.0436. The number of likely N-dealkylation sites (tertiary alicyclic amines) is 1. The van der Waals surface area contributed by atoms with Gasteiger partial charge in [0.1, 0.15) is 5.75 Å². The second kappa shape index (κ2) is 7.18.